The zero-order valence-corrected chi connectivity index (χ0v) is 11.0. The monoisotopic (exact) mass is 263 g/mol. The second-order valence-corrected chi connectivity index (χ2v) is 5.47. The first-order chi connectivity index (χ1) is 9.11. The lowest BCUT2D eigenvalue weighted by Gasteiger charge is -2.46. The normalized spacial score (nSPS) is 28.3. The topological polar surface area (TPSA) is 35.6 Å². The number of carbonyl (C=O) groups is 1. The summed E-state index contributed by atoms with van der Waals surface area (Å²) < 4.78 is 13.3. The van der Waals surface area contributed by atoms with Crippen LogP contribution in [0.2, 0.25) is 0 Å². The van der Waals surface area contributed by atoms with Gasteiger partial charge in [0.05, 0.1) is 12.1 Å². The summed E-state index contributed by atoms with van der Waals surface area (Å²) in [6.07, 6.45) is 1.02. The number of piperazine rings is 1. The summed E-state index contributed by atoms with van der Waals surface area (Å²) in [5.41, 5.74) is 0.643. The van der Waals surface area contributed by atoms with Crippen LogP contribution in [0.1, 0.15) is 6.42 Å². The molecule has 0 unspecified atom stereocenters. The van der Waals surface area contributed by atoms with E-state index >= 15 is 0 Å². The first-order valence-electron chi connectivity index (χ1n) is 6.59. The van der Waals surface area contributed by atoms with Crippen LogP contribution in [-0.4, -0.2) is 49.6 Å². The number of anilines is 1. The van der Waals surface area contributed by atoms with Crippen molar-refractivity contribution in [1.82, 2.24) is 10.2 Å². The summed E-state index contributed by atoms with van der Waals surface area (Å²) in [6, 6.07) is 6.27. The Morgan fingerprint density at radius 2 is 2.26 bits per heavy atom. The molecule has 2 saturated heterocycles. The number of halogens is 1. The maximum absolute atomic E-state index is 13.3. The van der Waals surface area contributed by atoms with Crippen molar-refractivity contribution in [3.05, 3.63) is 30.1 Å². The molecule has 1 atom stereocenters. The molecule has 0 radical (unpaired) electrons. The van der Waals surface area contributed by atoms with E-state index in [-0.39, 0.29) is 17.3 Å². The van der Waals surface area contributed by atoms with E-state index in [4.69, 9.17) is 0 Å². The Balaban J connectivity index is 1.91. The van der Waals surface area contributed by atoms with Gasteiger partial charge in [-0.25, -0.2) is 4.39 Å². The maximum Gasteiger partial charge on any atom is 0.241 e. The summed E-state index contributed by atoms with van der Waals surface area (Å²) >= 11 is 0. The van der Waals surface area contributed by atoms with Crippen molar-refractivity contribution in [2.24, 2.45) is 0 Å². The molecular formula is C14H18FN3O. The third-order valence-electron chi connectivity index (χ3n) is 4.28. The van der Waals surface area contributed by atoms with Crippen molar-refractivity contribution in [3.63, 3.8) is 0 Å². The highest BCUT2D eigenvalue weighted by Crippen LogP contribution is 2.30. The van der Waals surface area contributed by atoms with Crippen molar-refractivity contribution < 1.29 is 9.18 Å². The number of likely N-dealkylation sites (N-methyl/N-ethyl adjacent to an activating group) is 1. The fraction of sp³-hybridized carbons (Fsp3) is 0.500. The molecule has 0 saturated carbocycles. The summed E-state index contributed by atoms with van der Waals surface area (Å²) in [4.78, 5) is 16.0. The van der Waals surface area contributed by atoms with Gasteiger partial charge in [-0.05, 0) is 38.2 Å². The van der Waals surface area contributed by atoms with Crippen LogP contribution >= 0.6 is 0 Å². The molecule has 19 heavy (non-hydrogen) atoms. The van der Waals surface area contributed by atoms with E-state index in [1.165, 1.54) is 12.1 Å². The van der Waals surface area contributed by atoms with Crippen LogP contribution in [0.4, 0.5) is 10.1 Å². The average Bonchev–Trinajstić information content (AvgIpc) is 2.84. The summed E-state index contributed by atoms with van der Waals surface area (Å²) in [5, 5.41) is 3.36. The molecule has 2 aliphatic rings. The molecule has 3 rings (SSSR count). The number of amides is 1. The second kappa shape index (κ2) is 4.58. The van der Waals surface area contributed by atoms with Gasteiger partial charge in [-0.3, -0.25) is 9.69 Å². The minimum Gasteiger partial charge on any atom is -0.315 e. The van der Waals surface area contributed by atoms with Gasteiger partial charge in [0.15, 0.2) is 0 Å². The fourth-order valence-electron chi connectivity index (χ4n) is 3.03. The zero-order chi connectivity index (χ0) is 13.5. The quantitative estimate of drug-likeness (QED) is 0.815. The van der Waals surface area contributed by atoms with Crippen LogP contribution in [0.25, 0.3) is 0 Å². The van der Waals surface area contributed by atoms with Gasteiger partial charge in [0.1, 0.15) is 5.82 Å². The van der Waals surface area contributed by atoms with E-state index in [2.05, 4.69) is 10.2 Å². The molecule has 2 aliphatic heterocycles. The van der Waals surface area contributed by atoms with Gasteiger partial charge in [0, 0.05) is 18.8 Å². The standard InChI is InChI=1S/C14H18FN3O/c1-17-8-13(19)18(10-14(17)5-6-16-9-14)12-4-2-3-11(15)7-12/h2-4,7,16H,5-6,8-10H2,1H3/t14-/m1/s1. The number of hydrogen-bond acceptors (Lipinski definition) is 3. The maximum atomic E-state index is 13.3. The molecular weight excluding hydrogens is 245 g/mol. The number of carbonyl (C=O) groups excluding carboxylic acids is 1. The van der Waals surface area contributed by atoms with E-state index < -0.39 is 0 Å². The molecule has 1 amide bonds. The molecule has 1 aromatic rings. The van der Waals surface area contributed by atoms with Crippen LogP contribution in [0.3, 0.4) is 0 Å². The van der Waals surface area contributed by atoms with Gasteiger partial charge in [-0.2, -0.15) is 0 Å². The van der Waals surface area contributed by atoms with Crippen molar-refractivity contribution in [1.29, 1.82) is 0 Å². The second-order valence-electron chi connectivity index (χ2n) is 5.47. The molecule has 102 valence electrons. The Morgan fingerprint density at radius 3 is 2.95 bits per heavy atom. The SMILES string of the molecule is CN1CC(=O)N(c2cccc(F)c2)C[C@]12CCNC2. The van der Waals surface area contributed by atoms with Gasteiger partial charge in [-0.1, -0.05) is 6.07 Å². The third-order valence-corrected chi connectivity index (χ3v) is 4.28. The van der Waals surface area contributed by atoms with Gasteiger partial charge in [-0.15, -0.1) is 0 Å². The fourth-order valence-corrected chi connectivity index (χ4v) is 3.03. The van der Waals surface area contributed by atoms with E-state index in [0.29, 0.717) is 18.8 Å². The molecule has 5 heteroatoms. The van der Waals surface area contributed by atoms with Crippen LogP contribution < -0.4 is 10.2 Å². The predicted molar refractivity (Wildman–Crippen MR) is 71.6 cm³/mol. The highest BCUT2D eigenvalue weighted by atomic mass is 19.1. The predicted octanol–water partition coefficient (Wildman–Crippen LogP) is 0.836. The molecule has 4 nitrogen and oxygen atoms in total. The Morgan fingerprint density at radius 1 is 1.42 bits per heavy atom. The van der Waals surface area contributed by atoms with Gasteiger partial charge >= 0.3 is 0 Å². The lowest BCUT2D eigenvalue weighted by molar-refractivity contribution is -0.123. The largest absolute Gasteiger partial charge is 0.315 e. The molecule has 1 aromatic carbocycles. The first kappa shape index (κ1) is 12.6. The number of hydrogen-bond donors (Lipinski definition) is 1. The third kappa shape index (κ3) is 2.13. The Labute approximate surface area is 112 Å². The lowest BCUT2D eigenvalue weighted by atomic mass is 9.92. The molecule has 1 spiro atoms. The molecule has 0 aromatic heterocycles. The number of rotatable bonds is 1. The Kier molecular flexibility index (Phi) is 3.03. The molecule has 0 bridgehead atoms. The average molecular weight is 263 g/mol. The zero-order valence-electron chi connectivity index (χ0n) is 11.0. The number of benzene rings is 1. The van der Waals surface area contributed by atoms with Crippen LogP contribution in [0.15, 0.2) is 24.3 Å². The van der Waals surface area contributed by atoms with Crippen molar-refractivity contribution >= 4 is 11.6 Å². The van der Waals surface area contributed by atoms with Crippen LogP contribution in [-0.2, 0) is 4.79 Å². The van der Waals surface area contributed by atoms with Gasteiger partial charge in [0.2, 0.25) is 5.91 Å². The van der Waals surface area contributed by atoms with Gasteiger partial charge in [0.25, 0.3) is 0 Å². The number of nitrogens with zero attached hydrogens (tertiary/aromatic N) is 2. The first-order valence-corrected chi connectivity index (χ1v) is 6.59. The van der Waals surface area contributed by atoms with Crippen molar-refractivity contribution in [2.75, 3.05) is 38.1 Å². The smallest absolute Gasteiger partial charge is 0.241 e. The molecule has 0 aliphatic carbocycles. The van der Waals surface area contributed by atoms with E-state index in [1.54, 1.807) is 17.0 Å². The van der Waals surface area contributed by atoms with E-state index in [0.717, 1.165) is 19.5 Å². The van der Waals surface area contributed by atoms with Crippen molar-refractivity contribution in [3.8, 4) is 0 Å². The molecule has 2 fully saturated rings. The van der Waals surface area contributed by atoms with E-state index in [9.17, 15) is 9.18 Å². The molecule has 1 N–H and O–H groups in total. The Bertz CT molecular complexity index is 499. The van der Waals surface area contributed by atoms with E-state index in [1.807, 2.05) is 7.05 Å². The van der Waals surface area contributed by atoms with Crippen molar-refractivity contribution in [2.45, 2.75) is 12.0 Å². The highest BCUT2D eigenvalue weighted by molar-refractivity contribution is 5.96. The van der Waals surface area contributed by atoms with Crippen LogP contribution in [0, 0.1) is 5.82 Å². The lowest BCUT2D eigenvalue weighted by Crippen LogP contribution is -2.64. The minimum atomic E-state index is -0.303. The van der Waals surface area contributed by atoms with Crippen LogP contribution in [0.5, 0.6) is 0 Å². The Hall–Kier alpha value is -1.46. The highest BCUT2D eigenvalue weighted by Gasteiger charge is 2.45. The summed E-state index contributed by atoms with van der Waals surface area (Å²) in [6.45, 7) is 2.86. The minimum absolute atomic E-state index is 0.0137. The number of nitrogens with one attached hydrogen (secondary N) is 1. The summed E-state index contributed by atoms with van der Waals surface area (Å²) in [5.74, 6) is -0.270. The molecule has 2 heterocycles. The van der Waals surface area contributed by atoms with Gasteiger partial charge < -0.3 is 10.2 Å². The summed E-state index contributed by atoms with van der Waals surface area (Å²) in [7, 11) is 1.99.